The molecule has 2 aromatic rings. The molecule has 0 saturated heterocycles. The zero-order valence-electron chi connectivity index (χ0n) is 10.6. The Labute approximate surface area is 105 Å². The summed E-state index contributed by atoms with van der Waals surface area (Å²) in [5.41, 5.74) is 0.656. The lowest BCUT2D eigenvalue weighted by Gasteiger charge is -2.24. The van der Waals surface area contributed by atoms with Crippen molar-refractivity contribution in [2.45, 2.75) is 31.8 Å². The van der Waals surface area contributed by atoms with Crippen LogP contribution >= 0.6 is 0 Å². The number of anilines is 1. The zero-order valence-corrected chi connectivity index (χ0v) is 10.6. The molecular formula is C11H17N7. The summed E-state index contributed by atoms with van der Waals surface area (Å²) in [6.45, 7) is 3.08. The Morgan fingerprint density at radius 1 is 1.50 bits per heavy atom. The first kappa shape index (κ1) is 11.3. The molecule has 0 bridgehead atoms. The second-order valence-corrected chi connectivity index (χ2v) is 4.87. The zero-order chi connectivity index (χ0) is 12.5. The molecule has 1 N–H and O–H groups in total. The summed E-state index contributed by atoms with van der Waals surface area (Å²) in [6.07, 6.45) is 6.04. The Morgan fingerprint density at radius 3 is 3.11 bits per heavy atom. The van der Waals surface area contributed by atoms with Crippen LogP contribution < -0.4 is 5.32 Å². The van der Waals surface area contributed by atoms with E-state index >= 15 is 0 Å². The number of hydrogen-bond acceptors (Lipinski definition) is 6. The molecule has 3 rings (SSSR count). The van der Waals surface area contributed by atoms with Gasteiger partial charge < -0.3 is 5.32 Å². The van der Waals surface area contributed by atoms with Crippen molar-refractivity contribution in [1.82, 2.24) is 29.9 Å². The Hall–Kier alpha value is -1.76. The predicted octanol–water partition coefficient (Wildman–Crippen LogP) is 0.414. The molecule has 0 amide bonds. The standard InChI is InChI=1S/C11H17N7/c1-8(17(2)9-3-4-9)5-13-10-6-12-7-11-14-15-16-18(10)11/h6-9,13H,3-5H2,1-2H3. The molecule has 7 heteroatoms. The predicted molar refractivity (Wildman–Crippen MR) is 67.3 cm³/mol. The lowest BCUT2D eigenvalue weighted by molar-refractivity contribution is 0.257. The largest absolute Gasteiger partial charge is 0.367 e. The molecule has 0 aromatic carbocycles. The van der Waals surface area contributed by atoms with Crippen molar-refractivity contribution in [2.75, 3.05) is 18.9 Å². The number of aromatic nitrogens is 5. The van der Waals surface area contributed by atoms with Gasteiger partial charge in [-0.1, -0.05) is 0 Å². The fraction of sp³-hybridized carbons (Fsp3) is 0.636. The fourth-order valence-corrected chi connectivity index (χ4v) is 2.03. The summed E-state index contributed by atoms with van der Waals surface area (Å²) in [5, 5.41) is 14.8. The topological polar surface area (TPSA) is 71.2 Å². The third-order valence-corrected chi connectivity index (χ3v) is 3.51. The third-order valence-electron chi connectivity index (χ3n) is 3.51. The van der Waals surface area contributed by atoms with Gasteiger partial charge in [0.1, 0.15) is 5.82 Å². The van der Waals surface area contributed by atoms with Crippen molar-refractivity contribution in [3.63, 3.8) is 0 Å². The molecule has 1 fully saturated rings. The molecule has 1 saturated carbocycles. The average molecular weight is 247 g/mol. The number of rotatable bonds is 5. The third kappa shape index (κ3) is 2.13. The van der Waals surface area contributed by atoms with Gasteiger partial charge in [-0.15, -0.1) is 5.10 Å². The minimum Gasteiger partial charge on any atom is -0.367 e. The van der Waals surface area contributed by atoms with Crippen LogP contribution in [0.3, 0.4) is 0 Å². The SMILES string of the molecule is CC(CNc1cncc2nnnn12)N(C)C1CC1. The van der Waals surface area contributed by atoms with E-state index in [2.05, 4.69) is 44.7 Å². The van der Waals surface area contributed by atoms with E-state index in [1.807, 2.05) is 0 Å². The van der Waals surface area contributed by atoms with E-state index in [0.717, 1.165) is 18.4 Å². The van der Waals surface area contributed by atoms with Crippen LogP contribution in [0.4, 0.5) is 5.82 Å². The minimum atomic E-state index is 0.476. The van der Waals surface area contributed by atoms with E-state index in [4.69, 9.17) is 0 Å². The number of hydrogen-bond donors (Lipinski definition) is 1. The summed E-state index contributed by atoms with van der Waals surface area (Å²) in [7, 11) is 2.18. The molecule has 1 unspecified atom stereocenters. The molecule has 2 heterocycles. The van der Waals surface area contributed by atoms with E-state index < -0.39 is 0 Å². The van der Waals surface area contributed by atoms with Crippen molar-refractivity contribution in [3.8, 4) is 0 Å². The summed E-state index contributed by atoms with van der Waals surface area (Å²) >= 11 is 0. The number of nitrogens with zero attached hydrogens (tertiary/aromatic N) is 6. The van der Waals surface area contributed by atoms with Crippen LogP contribution in [-0.4, -0.2) is 55.6 Å². The van der Waals surface area contributed by atoms with E-state index in [0.29, 0.717) is 11.7 Å². The minimum absolute atomic E-state index is 0.476. The first-order valence-electron chi connectivity index (χ1n) is 6.23. The van der Waals surface area contributed by atoms with Gasteiger partial charge in [-0.25, -0.2) is 0 Å². The smallest absolute Gasteiger partial charge is 0.199 e. The summed E-state index contributed by atoms with van der Waals surface area (Å²) < 4.78 is 1.66. The van der Waals surface area contributed by atoms with Crippen molar-refractivity contribution in [1.29, 1.82) is 0 Å². The van der Waals surface area contributed by atoms with Crippen LogP contribution in [0.5, 0.6) is 0 Å². The van der Waals surface area contributed by atoms with Gasteiger partial charge in [-0.3, -0.25) is 9.88 Å². The van der Waals surface area contributed by atoms with Crippen LogP contribution in [0.25, 0.3) is 5.65 Å². The van der Waals surface area contributed by atoms with E-state index in [1.165, 1.54) is 12.8 Å². The van der Waals surface area contributed by atoms with Crippen molar-refractivity contribution >= 4 is 11.5 Å². The molecule has 1 aliphatic rings. The number of fused-ring (bicyclic) bond motifs is 1. The summed E-state index contributed by atoms with van der Waals surface area (Å²) in [6, 6.07) is 1.24. The van der Waals surface area contributed by atoms with Gasteiger partial charge >= 0.3 is 0 Å². The lowest BCUT2D eigenvalue weighted by Crippen LogP contribution is -2.36. The van der Waals surface area contributed by atoms with Crippen LogP contribution in [-0.2, 0) is 0 Å². The van der Waals surface area contributed by atoms with Crippen molar-refractivity contribution in [3.05, 3.63) is 12.4 Å². The van der Waals surface area contributed by atoms with Crippen molar-refractivity contribution in [2.24, 2.45) is 0 Å². The number of likely N-dealkylation sites (N-methyl/N-ethyl adjacent to an activating group) is 1. The van der Waals surface area contributed by atoms with Crippen LogP contribution in [0, 0.1) is 0 Å². The Morgan fingerprint density at radius 2 is 2.33 bits per heavy atom. The van der Waals surface area contributed by atoms with Gasteiger partial charge in [-0.2, -0.15) is 4.52 Å². The van der Waals surface area contributed by atoms with Crippen LogP contribution in [0.15, 0.2) is 12.4 Å². The van der Waals surface area contributed by atoms with Crippen LogP contribution in [0.1, 0.15) is 19.8 Å². The first-order chi connectivity index (χ1) is 8.75. The monoisotopic (exact) mass is 247 g/mol. The van der Waals surface area contributed by atoms with Crippen molar-refractivity contribution < 1.29 is 0 Å². The van der Waals surface area contributed by atoms with Gasteiger partial charge in [0.25, 0.3) is 0 Å². The Bertz CT molecular complexity index is 533. The number of nitrogens with one attached hydrogen (secondary N) is 1. The second-order valence-electron chi connectivity index (χ2n) is 4.87. The Kier molecular flexibility index (Phi) is 2.83. The maximum Gasteiger partial charge on any atom is 0.199 e. The van der Waals surface area contributed by atoms with Gasteiger partial charge in [-0.05, 0) is 37.2 Å². The highest BCUT2D eigenvalue weighted by Crippen LogP contribution is 2.26. The van der Waals surface area contributed by atoms with Gasteiger partial charge in [0.05, 0.1) is 12.4 Å². The van der Waals surface area contributed by atoms with E-state index in [1.54, 1.807) is 16.9 Å². The fourth-order valence-electron chi connectivity index (χ4n) is 2.03. The highest BCUT2D eigenvalue weighted by Gasteiger charge is 2.28. The van der Waals surface area contributed by atoms with E-state index in [9.17, 15) is 0 Å². The molecule has 1 aliphatic carbocycles. The second kappa shape index (κ2) is 4.49. The molecule has 1 atom stereocenters. The summed E-state index contributed by atoms with van der Waals surface area (Å²) in [4.78, 5) is 6.53. The highest BCUT2D eigenvalue weighted by molar-refractivity contribution is 5.43. The molecular weight excluding hydrogens is 230 g/mol. The lowest BCUT2D eigenvalue weighted by atomic mass is 10.3. The molecule has 18 heavy (non-hydrogen) atoms. The summed E-state index contributed by atoms with van der Waals surface area (Å²) in [5.74, 6) is 0.827. The molecule has 96 valence electrons. The molecule has 7 nitrogen and oxygen atoms in total. The molecule has 0 radical (unpaired) electrons. The molecule has 0 aliphatic heterocycles. The highest BCUT2D eigenvalue weighted by atomic mass is 15.5. The normalized spacial score (nSPS) is 17.3. The maximum atomic E-state index is 4.12. The van der Waals surface area contributed by atoms with Gasteiger partial charge in [0.15, 0.2) is 5.65 Å². The van der Waals surface area contributed by atoms with Crippen LogP contribution in [0.2, 0.25) is 0 Å². The van der Waals surface area contributed by atoms with Gasteiger partial charge in [0, 0.05) is 18.6 Å². The average Bonchev–Trinajstić information content (AvgIpc) is 3.12. The number of tetrazole rings is 1. The van der Waals surface area contributed by atoms with E-state index in [-0.39, 0.29) is 0 Å². The quantitative estimate of drug-likeness (QED) is 0.825. The van der Waals surface area contributed by atoms with Gasteiger partial charge in [0.2, 0.25) is 0 Å². The Balaban J connectivity index is 1.67. The first-order valence-corrected chi connectivity index (χ1v) is 6.23. The molecule has 0 spiro atoms. The molecule has 2 aromatic heterocycles. The maximum absolute atomic E-state index is 4.12.